The van der Waals surface area contributed by atoms with E-state index in [1.807, 2.05) is 20.8 Å². The summed E-state index contributed by atoms with van der Waals surface area (Å²) in [4.78, 5) is 11.0. The van der Waals surface area contributed by atoms with Crippen molar-refractivity contribution in [1.82, 2.24) is 9.78 Å². The Bertz CT molecular complexity index is 371. The first-order chi connectivity index (χ1) is 7.02. The summed E-state index contributed by atoms with van der Waals surface area (Å²) in [6.07, 6.45) is 0.515. The third-order valence-electron chi connectivity index (χ3n) is 2.65. The van der Waals surface area contributed by atoms with Crippen LogP contribution >= 0.6 is 0 Å². The smallest absolute Gasteiger partial charge is 0.328 e. The zero-order chi connectivity index (χ0) is 11.6. The summed E-state index contributed by atoms with van der Waals surface area (Å²) in [6.45, 7) is 5.93. The Balaban J connectivity index is 3.19. The topological polar surface area (TPSA) is 81.1 Å². The highest BCUT2D eigenvalue weighted by Crippen LogP contribution is 2.19. The molecule has 1 aromatic rings. The van der Waals surface area contributed by atoms with Crippen LogP contribution in [0.2, 0.25) is 0 Å². The third-order valence-corrected chi connectivity index (χ3v) is 2.65. The molecule has 5 heteroatoms. The summed E-state index contributed by atoms with van der Waals surface area (Å²) >= 11 is 0. The van der Waals surface area contributed by atoms with Crippen molar-refractivity contribution in [3.63, 3.8) is 0 Å². The minimum absolute atomic E-state index is 0.397. The largest absolute Gasteiger partial charge is 0.480 e. The molecule has 1 unspecified atom stereocenters. The second-order valence-electron chi connectivity index (χ2n) is 3.56. The average molecular weight is 211 g/mol. The number of hydrogen-bond donors (Lipinski definition) is 2. The van der Waals surface area contributed by atoms with Crippen molar-refractivity contribution >= 4 is 5.97 Å². The average Bonchev–Trinajstić information content (AvgIpc) is 2.43. The van der Waals surface area contributed by atoms with Gasteiger partial charge in [-0.1, -0.05) is 6.92 Å². The molecule has 0 aliphatic carbocycles. The minimum atomic E-state index is -0.855. The van der Waals surface area contributed by atoms with Gasteiger partial charge in [-0.05, 0) is 20.3 Å². The molecule has 1 heterocycles. The van der Waals surface area contributed by atoms with E-state index < -0.39 is 12.0 Å². The van der Waals surface area contributed by atoms with Crippen LogP contribution in [-0.2, 0) is 11.3 Å². The van der Waals surface area contributed by atoms with Gasteiger partial charge >= 0.3 is 5.97 Å². The molecule has 84 valence electrons. The highest BCUT2D eigenvalue weighted by atomic mass is 16.4. The minimum Gasteiger partial charge on any atom is -0.480 e. The number of carboxylic acids is 1. The van der Waals surface area contributed by atoms with Crippen LogP contribution < -0.4 is 5.73 Å². The SMILES string of the molecule is CCC(C(=O)O)n1nc(C)c(CN)c1C. The van der Waals surface area contributed by atoms with Crippen molar-refractivity contribution in [2.45, 2.75) is 39.8 Å². The number of hydrogen-bond acceptors (Lipinski definition) is 3. The number of carbonyl (C=O) groups is 1. The van der Waals surface area contributed by atoms with Gasteiger partial charge in [0.1, 0.15) is 6.04 Å². The molecule has 1 aromatic heterocycles. The van der Waals surface area contributed by atoms with Crippen LogP contribution in [-0.4, -0.2) is 20.9 Å². The summed E-state index contributed by atoms with van der Waals surface area (Å²) in [5.41, 5.74) is 8.19. The van der Waals surface area contributed by atoms with Gasteiger partial charge in [0.2, 0.25) is 0 Å². The van der Waals surface area contributed by atoms with Gasteiger partial charge in [-0.25, -0.2) is 4.79 Å². The van der Waals surface area contributed by atoms with Crippen LogP contribution in [0.4, 0.5) is 0 Å². The summed E-state index contributed by atoms with van der Waals surface area (Å²) in [5.74, 6) is -0.855. The number of aryl methyl sites for hydroxylation is 1. The maximum Gasteiger partial charge on any atom is 0.328 e. The first kappa shape index (κ1) is 11.7. The summed E-state index contributed by atoms with van der Waals surface area (Å²) in [6, 6.07) is -0.594. The second-order valence-corrected chi connectivity index (χ2v) is 3.56. The van der Waals surface area contributed by atoms with Gasteiger partial charge in [0.15, 0.2) is 0 Å². The lowest BCUT2D eigenvalue weighted by molar-refractivity contribution is -0.141. The fourth-order valence-electron chi connectivity index (χ4n) is 1.75. The molecule has 0 fully saturated rings. The molecular formula is C10H17N3O2. The molecular weight excluding hydrogens is 194 g/mol. The zero-order valence-corrected chi connectivity index (χ0v) is 9.32. The van der Waals surface area contributed by atoms with Gasteiger partial charge in [0, 0.05) is 17.8 Å². The van der Waals surface area contributed by atoms with E-state index in [0.717, 1.165) is 17.0 Å². The van der Waals surface area contributed by atoms with Crippen molar-refractivity contribution in [1.29, 1.82) is 0 Å². The molecule has 0 amide bonds. The van der Waals surface area contributed by atoms with Crippen molar-refractivity contribution in [2.24, 2.45) is 5.73 Å². The van der Waals surface area contributed by atoms with Gasteiger partial charge in [-0.3, -0.25) is 4.68 Å². The normalized spacial score (nSPS) is 12.8. The van der Waals surface area contributed by atoms with E-state index in [4.69, 9.17) is 10.8 Å². The summed E-state index contributed by atoms with van der Waals surface area (Å²) in [7, 11) is 0. The van der Waals surface area contributed by atoms with E-state index in [1.165, 1.54) is 0 Å². The van der Waals surface area contributed by atoms with Crippen LogP contribution in [0, 0.1) is 13.8 Å². The van der Waals surface area contributed by atoms with Gasteiger partial charge in [0.05, 0.1) is 5.69 Å². The van der Waals surface area contributed by atoms with E-state index >= 15 is 0 Å². The lowest BCUT2D eigenvalue weighted by Crippen LogP contribution is -2.20. The lowest BCUT2D eigenvalue weighted by Gasteiger charge is -2.12. The van der Waals surface area contributed by atoms with Gasteiger partial charge in [0.25, 0.3) is 0 Å². The standard InChI is InChI=1S/C10H17N3O2/c1-4-9(10(14)15)13-7(3)8(5-11)6(2)12-13/h9H,4-5,11H2,1-3H3,(H,14,15). The van der Waals surface area contributed by atoms with Crippen molar-refractivity contribution in [2.75, 3.05) is 0 Å². The Kier molecular flexibility index (Phi) is 3.47. The summed E-state index contributed by atoms with van der Waals surface area (Å²) < 4.78 is 1.56. The van der Waals surface area contributed by atoms with Gasteiger partial charge in [-0.2, -0.15) is 5.10 Å². The molecule has 0 aliphatic rings. The maximum absolute atomic E-state index is 11.0. The molecule has 0 saturated heterocycles. The fraction of sp³-hybridized carbons (Fsp3) is 0.600. The van der Waals surface area contributed by atoms with E-state index in [-0.39, 0.29) is 0 Å². The molecule has 5 nitrogen and oxygen atoms in total. The molecule has 0 saturated carbocycles. The molecule has 1 atom stereocenters. The predicted molar refractivity (Wildman–Crippen MR) is 56.6 cm³/mol. The van der Waals surface area contributed by atoms with Crippen LogP contribution in [0.5, 0.6) is 0 Å². The fourth-order valence-corrected chi connectivity index (χ4v) is 1.75. The van der Waals surface area contributed by atoms with E-state index in [2.05, 4.69) is 5.10 Å². The zero-order valence-electron chi connectivity index (χ0n) is 9.32. The number of aliphatic carboxylic acids is 1. The highest BCUT2D eigenvalue weighted by Gasteiger charge is 2.22. The van der Waals surface area contributed by atoms with Crippen LogP contribution in [0.1, 0.15) is 36.3 Å². The third kappa shape index (κ3) is 2.02. The van der Waals surface area contributed by atoms with Crippen LogP contribution in [0.15, 0.2) is 0 Å². The number of nitrogens with zero attached hydrogens (tertiary/aromatic N) is 2. The second kappa shape index (κ2) is 4.44. The predicted octanol–water partition coefficient (Wildman–Crippen LogP) is 0.994. The monoisotopic (exact) mass is 211 g/mol. The summed E-state index contributed by atoms with van der Waals surface area (Å²) in [5, 5.41) is 13.3. The van der Waals surface area contributed by atoms with E-state index in [9.17, 15) is 4.79 Å². The number of aromatic nitrogens is 2. The molecule has 3 N–H and O–H groups in total. The molecule has 15 heavy (non-hydrogen) atoms. The van der Waals surface area contributed by atoms with Gasteiger partial charge < -0.3 is 10.8 Å². The highest BCUT2D eigenvalue weighted by molar-refractivity contribution is 5.71. The molecule has 0 bridgehead atoms. The van der Waals surface area contributed by atoms with Crippen LogP contribution in [0.3, 0.4) is 0 Å². The first-order valence-electron chi connectivity index (χ1n) is 5.00. The van der Waals surface area contributed by atoms with E-state index in [0.29, 0.717) is 13.0 Å². The Morgan fingerprint density at radius 1 is 1.60 bits per heavy atom. The number of nitrogens with two attached hydrogens (primary N) is 1. The van der Waals surface area contributed by atoms with Crippen molar-refractivity contribution < 1.29 is 9.90 Å². The Hall–Kier alpha value is -1.36. The quantitative estimate of drug-likeness (QED) is 0.778. The number of rotatable bonds is 4. The maximum atomic E-state index is 11.0. The molecule has 0 radical (unpaired) electrons. The van der Waals surface area contributed by atoms with Crippen molar-refractivity contribution in [3.8, 4) is 0 Å². The Morgan fingerprint density at radius 3 is 2.53 bits per heavy atom. The van der Waals surface area contributed by atoms with Gasteiger partial charge in [-0.15, -0.1) is 0 Å². The Labute approximate surface area is 88.9 Å². The molecule has 1 rings (SSSR count). The lowest BCUT2D eigenvalue weighted by atomic mass is 10.2. The van der Waals surface area contributed by atoms with Crippen molar-refractivity contribution in [3.05, 3.63) is 17.0 Å². The van der Waals surface area contributed by atoms with Crippen LogP contribution in [0.25, 0.3) is 0 Å². The first-order valence-corrected chi connectivity index (χ1v) is 5.00. The number of carboxylic acid groups (broad SMARTS) is 1. The molecule has 0 aromatic carbocycles. The Morgan fingerprint density at radius 2 is 2.20 bits per heavy atom. The molecule has 0 aliphatic heterocycles. The van der Waals surface area contributed by atoms with E-state index in [1.54, 1.807) is 4.68 Å². The molecule has 0 spiro atoms.